The summed E-state index contributed by atoms with van der Waals surface area (Å²) in [6.07, 6.45) is -4.45. The zero-order valence-electron chi connectivity index (χ0n) is 16.7. The maximum atomic E-state index is 12.6. The van der Waals surface area contributed by atoms with E-state index in [1.54, 1.807) is 4.90 Å². The maximum Gasteiger partial charge on any atom is 0.416 e. The number of amides is 2. The molecule has 1 saturated heterocycles. The van der Waals surface area contributed by atoms with Gasteiger partial charge in [0.1, 0.15) is 0 Å². The van der Waals surface area contributed by atoms with E-state index in [-0.39, 0.29) is 18.0 Å². The van der Waals surface area contributed by atoms with Gasteiger partial charge >= 0.3 is 6.18 Å². The van der Waals surface area contributed by atoms with Gasteiger partial charge in [-0.15, -0.1) is 0 Å². The smallest absolute Gasteiger partial charge is 0.343 e. The molecule has 2 aromatic carbocycles. The zero-order chi connectivity index (χ0) is 21.7. The van der Waals surface area contributed by atoms with Crippen molar-refractivity contribution in [3.8, 4) is 0 Å². The predicted octanol–water partition coefficient (Wildman–Crippen LogP) is 3.09. The molecule has 0 atom stereocenters. The Labute approximate surface area is 173 Å². The fourth-order valence-electron chi connectivity index (χ4n) is 3.36. The van der Waals surface area contributed by atoms with Crippen LogP contribution < -0.4 is 5.32 Å². The monoisotopic (exact) mass is 419 g/mol. The van der Waals surface area contributed by atoms with E-state index in [2.05, 4.69) is 29.3 Å². The second-order valence-corrected chi connectivity index (χ2v) is 7.34. The summed E-state index contributed by atoms with van der Waals surface area (Å²) in [6.45, 7) is 5.35. The van der Waals surface area contributed by atoms with Gasteiger partial charge in [0, 0.05) is 38.3 Å². The molecule has 1 aliphatic rings. The molecular weight excluding hydrogens is 395 g/mol. The van der Waals surface area contributed by atoms with E-state index in [0.29, 0.717) is 13.1 Å². The van der Waals surface area contributed by atoms with Crippen LogP contribution in [0.1, 0.15) is 27.0 Å². The number of carbonyl (C=O) groups is 2. The highest BCUT2D eigenvalue weighted by Gasteiger charge is 2.30. The van der Waals surface area contributed by atoms with Crippen LogP contribution in [-0.2, 0) is 17.5 Å². The molecule has 30 heavy (non-hydrogen) atoms. The van der Waals surface area contributed by atoms with Gasteiger partial charge in [-0.05, 0) is 42.3 Å². The number of benzene rings is 2. The van der Waals surface area contributed by atoms with E-state index in [1.807, 2.05) is 12.1 Å². The second kappa shape index (κ2) is 9.30. The van der Waals surface area contributed by atoms with Crippen LogP contribution in [0.4, 0.5) is 13.2 Å². The zero-order valence-corrected chi connectivity index (χ0v) is 16.7. The molecule has 2 amide bonds. The molecule has 0 radical (unpaired) electrons. The van der Waals surface area contributed by atoms with Crippen molar-refractivity contribution in [3.05, 3.63) is 70.8 Å². The number of rotatable bonds is 5. The van der Waals surface area contributed by atoms with Gasteiger partial charge in [-0.25, -0.2) is 0 Å². The first kappa shape index (κ1) is 21.8. The number of alkyl halides is 3. The van der Waals surface area contributed by atoms with Gasteiger partial charge in [-0.1, -0.05) is 24.3 Å². The van der Waals surface area contributed by atoms with Gasteiger partial charge < -0.3 is 10.2 Å². The van der Waals surface area contributed by atoms with Gasteiger partial charge in [0.25, 0.3) is 5.91 Å². The lowest BCUT2D eigenvalue weighted by atomic mass is 10.1. The average Bonchev–Trinajstić information content (AvgIpc) is 2.73. The minimum Gasteiger partial charge on any atom is -0.343 e. The van der Waals surface area contributed by atoms with Crippen LogP contribution in [0.2, 0.25) is 0 Å². The van der Waals surface area contributed by atoms with E-state index in [0.717, 1.165) is 43.9 Å². The number of nitrogens with one attached hydrogen (secondary N) is 1. The molecule has 0 bridgehead atoms. The van der Waals surface area contributed by atoms with E-state index in [1.165, 1.54) is 11.1 Å². The van der Waals surface area contributed by atoms with Crippen LogP contribution in [0.3, 0.4) is 0 Å². The molecule has 0 aliphatic carbocycles. The Bertz CT molecular complexity index is 889. The Kier molecular flexibility index (Phi) is 6.77. The lowest BCUT2D eigenvalue weighted by molar-refractivity contribution is -0.137. The molecule has 160 valence electrons. The summed E-state index contributed by atoms with van der Waals surface area (Å²) in [5.41, 5.74) is 1.76. The lowest BCUT2D eigenvalue weighted by Crippen LogP contribution is -2.50. The number of aryl methyl sites for hydroxylation is 1. The van der Waals surface area contributed by atoms with Crippen LogP contribution in [0.25, 0.3) is 0 Å². The van der Waals surface area contributed by atoms with Crippen molar-refractivity contribution >= 4 is 11.8 Å². The third-order valence-electron chi connectivity index (χ3n) is 5.25. The number of piperazine rings is 1. The number of hydrogen-bond acceptors (Lipinski definition) is 3. The molecule has 0 unspecified atom stereocenters. The molecule has 1 aliphatic heterocycles. The lowest BCUT2D eigenvalue weighted by Gasteiger charge is -2.35. The molecule has 3 rings (SSSR count). The van der Waals surface area contributed by atoms with Gasteiger partial charge in [0.15, 0.2) is 0 Å². The number of hydrogen-bond donors (Lipinski definition) is 1. The van der Waals surface area contributed by atoms with E-state index in [9.17, 15) is 22.8 Å². The van der Waals surface area contributed by atoms with Gasteiger partial charge in [0.05, 0.1) is 12.1 Å². The Hall–Kier alpha value is -2.87. The Balaban J connectivity index is 1.44. The summed E-state index contributed by atoms with van der Waals surface area (Å²) in [7, 11) is 0. The highest BCUT2D eigenvalue weighted by molar-refractivity contribution is 5.96. The third kappa shape index (κ3) is 5.60. The van der Waals surface area contributed by atoms with Crippen molar-refractivity contribution < 1.29 is 22.8 Å². The minimum atomic E-state index is -4.45. The van der Waals surface area contributed by atoms with Crippen molar-refractivity contribution in [2.75, 3.05) is 32.7 Å². The molecule has 5 nitrogen and oxygen atoms in total. The first-order valence-corrected chi connectivity index (χ1v) is 9.74. The normalized spacial score (nSPS) is 15.1. The second-order valence-electron chi connectivity index (χ2n) is 7.34. The van der Waals surface area contributed by atoms with Crippen molar-refractivity contribution in [2.24, 2.45) is 0 Å². The molecule has 2 aromatic rings. The van der Waals surface area contributed by atoms with Crippen molar-refractivity contribution in [1.29, 1.82) is 0 Å². The van der Waals surface area contributed by atoms with E-state index >= 15 is 0 Å². The van der Waals surface area contributed by atoms with Crippen LogP contribution in [0.5, 0.6) is 0 Å². The van der Waals surface area contributed by atoms with Crippen molar-refractivity contribution in [3.63, 3.8) is 0 Å². The maximum absolute atomic E-state index is 12.6. The third-order valence-corrected chi connectivity index (χ3v) is 5.25. The van der Waals surface area contributed by atoms with Crippen LogP contribution in [0, 0.1) is 6.92 Å². The summed E-state index contributed by atoms with van der Waals surface area (Å²) in [5, 5.41) is 2.49. The number of halogens is 3. The van der Waals surface area contributed by atoms with Crippen LogP contribution >= 0.6 is 0 Å². The molecule has 0 saturated carbocycles. The summed E-state index contributed by atoms with van der Waals surface area (Å²) in [4.78, 5) is 28.5. The summed E-state index contributed by atoms with van der Waals surface area (Å²) >= 11 is 0. The minimum absolute atomic E-state index is 0.0823. The average molecular weight is 419 g/mol. The number of carbonyl (C=O) groups excluding carboxylic acids is 2. The highest BCUT2D eigenvalue weighted by Crippen LogP contribution is 2.29. The molecule has 1 heterocycles. The summed E-state index contributed by atoms with van der Waals surface area (Å²) in [6, 6.07) is 12.1. The fourth-order valence-corrected chi connectivity index (χ4v) is 3.36. The SMILES string of the molecule is Cc1ccccc1CN1CCN(C(=O)CNC(=O)c2ccc(C(F)(F)F)cc2)CC1. The molecule has 8 heteroatoms. The van der Waals surface area contributed by atoms with E-state index in [4.69, 9.17) is 0 Å². The van der Waals surface area contributed by atoms with Gasteiger partial charge in [0.2, 0.25) is 5.91 Å². The predicted molar refractivity (Wildman–Crippen MR) is 107 cm³/mol. The summed E-state index contributed by atoms with van der Waals surface area (Å²) in [5.74, 6) is -0.777. The standard InChI is InChI=1S/C22H24F3N3O2/c1-16-4-2-3-5-18(16)15-27-10-12-28(13-11-27)20(29)14-26-21(30)17-6-8-19(9-7-17)22(23,24)25/h2-9H,10-15H2,1H3,(H,26,30). The summed E-state index contributed by atoms with van der Waals surface area (Å²) < 4.78 is 37.8. The molecule has 0 spiro atoms. The van der Waals surface area contributed by atoms with Crippen LogP contribution in [-0.4, -0.2) is 54.3 Å². The van der Waals surface area contributed by atoms with Crippen LogP contribution in [0.15, 0.2) is 48.5 Å². The molecular formula is C22H24F3N3O2. The Morgan fingerprint density at radius 2 is 1.60 bits per heavy atom. The largest absolute Gasteiger partial charge is 0.416 e. The Morgan fingerprint density at radius 3 is 2.20 bits per heavy atom. The van der Waals surface area contributed by atoms with Crippen molar-refractivity contribution in [2.45, 2.75) is 19.6 Å². The molecule has 0 aromatic heterocycles. The quantitative estimate of drug-likeness (QED) is 0.811. The molecule has 1 N–H and O–H groups in total. The highest BCUT2D eigenvalue weighted by atomic mass is 19.4. The number of nitrogens with zero attached hydrogens (tertiary/aromatic N) is 2. The first-order valence-electron chi connectivity index (χ1n) is 9.74. The fraction of sp³-hybridized carbons (Fsp3) is 0.364. The Morgan fingerprint density at radius 1 is 0.967 bits per heavy atom. The van der Waals surface area contributed by atoms with E-state index < -0.39 is 17.6 Å². The van der Waals surface area contributed by atoms with Crippen molar-refractivity contribution in [1.82, 2.24) is 15.1 Å². The van der Waals surface area contributed by atoms with Gasteiger partial charge in [-0.2, -0.15) is 13.2 Å². The van der Waals surface area contributed by atoms with Gasteiger partial charge in [-0.3, -0.25) is 14.5 Å². The molecule has 1 fully saturated rings. The first-order chi connectivity index (χ1) is 14.2. The topological polar surface area (TPSA) is 52.6 Å².